The van der Waals surface area contributed by atoms with Gasteiger partial charge in [0.05, 0.1) is 12.1 Å². The number of hydrogen-bond donors (Lipinski definition) is 1. The van der Waals surface area contributed by atoms with E-state index in [1.807, 2.05) is 31.2 Å². The lowest BCUT2D eigenvalue weighted by Crippen LogP contribution is -2.43. The normalized spacial score (nSPS) is 11.0. The molecule has 0 unspecified atom stereocenters. The second-order valence-electron chi connectivity index (χ2n) is 7.25. The summed E-state index contributed by atoms with van der Waals surface area (Å²) in [6, 6.07) is 15.5. The Kier molecular flexibility index (Phi) is 5.81. The topological polar surface area (TPSA) is 73.1 Å². The summed E-state index contributed by atoms with van der Waals surface area (Å²) in [7, 11) is 0. The lowest BCUT2D eigenvalue weighted by Gasteiger charge is -2.13. The first-order valence-corrected chi connectivity index (χ1v) is 10.6. The largest absolute Gasteiger partial charge is 0.350 e. The van der Waals surface area contributed by atoms with Gasteiger partial charge in [-0.15, -0.1) is 11.3 Å². The van der Waals surface area contributed by atoms with E-state index < -0.39 is 29.5 Å². The van der Waals surface area contributed by atoms with E-state index in [9.17, 15) is 18.8 Å². The molecule has 0 spiro atoms. The van der Waals surface area contributed by atoms with Gasteiger partial charge in [0.25, 0.3) is 5.56 Å². The Morgan fingerprint density at radius 2 is 1.77 bits per heavy atom. The number of amides is 1. The molecule has 1 N–H and O–H groups in total. The van der Waals surface area contributed by atoms with Crippen molar-refractivity contribution in [3.63, 3.8) is 0 Å². The Hall–Kier alpha value is -3.52. The molecule has 0 saturated heterocycles. The van der Waals surface area contributed by atoms with E-state index in [1.54, 1.807) is 29.6 Å². The van der Waals surface area contributed by atoms with Crippen molar-refractivity contribution >= 4 is 27.5 Å². The maximum atomic E-state index is 14.2. The Morgan fingerprint density at radius 3 is 2.52 bits per heavy atom. The number of nitrogens with zero attached hydrogens (tertiary/aromatic N) is 2. The summed E-state index contributed by atoms with van der Waals surface area (Å²) >= 11 is 1.19. The molecule has 4 rings (SSSR count). The molecule has 4 aromatic rings. The maximum absolute atomic E-state index is 14.2. The first-order valence-electron chi connectivity index (χ1n) is 9.70. The van der Waals surface area contributed by atoms with E-state index in [2.05, 4.69) is 5.32 Å². The quantitative estimate of drug-likeness (QED) is 0.504. The number of hydrogen-bond acceptors (Lipinski definition) is 4. The SMILES string of the molecule is Cc1ccc(CNC(=O)Cn2c(=O)c3sccc3n(Cc3ccccc3F)c2=O)cc1. The second-order valence-corrected chi connectivity index (χ2v) is 8.16. The van der Waals surface area contributed by atoms with E-state index in [0.717, 1.165) is 15.7 Å². The van der Waals surface area contributed by atoms with Crippen LogP contribution in [0.1, 0.15) is 16.7 Å². The van der Waals surface area contributed by atoms with E-state index in [1.165, 1.54) is 22.0 Å². The molecule has 0 radical (unpaired) electrons. The van der Waals surface area contributed by atoms with Gasteiger partial charge >= 0.3 is 5.69 Å². The monoisotopic (exact) mass is 437 g/mol. The number of fused-ring (bicyclic) bond motifs is 1. The fourth-order valence-corrected chi connectivity index (χ4v) is 4.17. The standard InChI is InChI=1S/C23H20FN3O3S/c1-15-6-8-16(9-7-15)12-25-20(28)14-27-22(29)21-19(10-11-31-21)26(23(27)30)13-17-4-2-3-5-18(17)24/h2-11H,12-14H2,1H3,(H,25,28). The summed E-state index contributed by atoms with van der Waals surface area (Å²) in [5.41, 5.74) is 1.61. The number of aromatic nitrogens is 2. The van der Waals surface area contributed by atoms with Gasteiger partial charge in [0.1, 0.15) is 17.1 Å². The lowest BCUT2D eigenvalue weighted by molar-refractivity contribution is -0.121. The van der Waals surface area contributed by atoms with Crippen molar-refractivity contribution in [1.82, 2.24) is 14.5 Å². The summed E-state index contributed by atoms with van der Waals surface area (Å²) in [6.45, 7) is 1.82. The van der Waals surface area contributed by atoms with Crippen LogP contribution >= 0.6 is 11.3 Å². The Balaban J connectivity index is 1.64. The molecule has 0 fully saturated rings. The zero-order valence-electron chi connectivity index (χ0n) is 16.8. The molecule has 0 atom stereocenters. The molecule has 8 heteroatoms. The molecule has 0 bridgehead atoms. The van der Waals surface area contributed by atoms with Crippen LogP contribution in [0, 0.1) is 12.7 Å². The minimum absolute atomic E-state index is 0.0377. The Labute approximate surface area is 181 Å². The molecule has 2 heterocycles. The number of carbonyl (C=O) groups excluding carboxylic acids is 1. The van der Waals surface area contributed by atoms with Crippen LogP contribution < -0.4 is 16.6 Å². The fraction of sp³-hybridized carbons (Fsp3) is 0.174. The maximum Gasteiger partial charge on any atom is 0.332 e. The van der Waals surface area contributed by atoms with Crippen LogP contribution in [0.5, 0.6) is 0 Å². The zero-order chi connectivity index (χ0) is 22.0. The average molecular weight is 437 g/mol. The van der Waals surface area contributed by atoms with Crippen molar-refractivity contribution in [2.75, 3.05) is 0 Å². The third-order valence-corrected chi connectivity index (χ3v) is 5.93. The van der Waals surface area contributed by atoms with E-state index in [4.69, 9.17) is 0 Å². The van der Waals surface area contributed by atoms with Crippen LogP contribution in [-0.2, 0) is 24.4 Å². The summed E-state index contributed by atoms with van der Waals surface area (Å²) < 4.78 is 16.8. The van der Waals surface area contributed by atoms with Gasteiger partial charge in [-0.2, -0.15) is 0 Å². The number of nitrogens with one attached hydrogen (secondary N) is 1. The number of halogens is 1. The van der Waals surface area contributed by atoms with Crippen molar-refractivity contribution in [3.05, 3.63) is 103 Å². The Bertz CT molecular complexity index is 1370. The highest BCUT2D eigenvalue weighted by Gasteiger charge is 2.17. The smallest absolute Gasteiger partial charge is 0.332 e. The van der Waals surface area contributed by atoms with Crippen LogP contribution in [-0.4, -0.2) is 15.0 Å². The highest BCUT2D eigenvalue weighted by atomic mass is 32.1. The molecule has 158 valence electrons. The second kappa shape index (κ2) is 8.69. The van der Waals surface area contributed by atoms with Gasteiger partial charge in [-0.1, -0.05) is 48.0 Å². The summed E-state index contributed by atoms with van der Waals surface area (Å²) in [5.74, 6) is -0.889. The van der Waals surface area contributed by atoms with E-state index >= 15 is 0 Å². The molecule has 0 aliphatic heterocycles. The molecule has 0 saturated carbocycles. The third-order valence-electron chi connectivity index (χ3n) is 5.03. The molecule has 0 aliphatic rings. The van der Waals surface area contributed by atoms with Gasteiger partial charge in [0.15, 0.2) is 0 Å². The van der Waals surface area contributed by atoms with Crippen LogP contribution in [0.2, 0.25) is 0 Å². The molecular weight excluding hydrogens is 417 g/mol. The highest BCUT2D eigenvalue weighted by molar-refractivity contribution is 7.17. The van der Waals surface area contributed by atoms with Crippen LogP contribution in [0.3, 0.4) is 0 Å². The van der Waals surface area contributed by atoms with Crippen molar-refractivity contribution < 1.29 is 9.18 Å². The third kappa shape index (κ3) is 4.34. The molecule has 0 aliphatic carbocycles. The summed E-state index contributed by atoms with van der Waals surface area (Å²) in [5, 5.41) is 4.44. The average Bonchev–Trinajstić information content (AvgIpc) is 3.25. The first-order chi connectivity index (χ1) is 14.9. The van der Waals surface area contributed by atoms with Crippen molar-refractivity contribution in [1.29, 1.82) is 0 Å². The number of carbonyl (C=O) groups is 1. The van der Waals surface area contributed by atoms with Gasteiger partial charge < -0.3 is 5.32 Å². The molecule has 6 nitrogen and oxygen atoms in total. The molecule has 31 heavy (non-hydrogen) atoms. The zero-order valence-corrected chi connectivity index (χ0v) is 17.6. The predicted molar refractivity (Wildman–Crippen MR) is 119 cm³/mol. The number of thiophene rings is 1. The molecule has 2 aromatic carbocycles. The molecule has 2 aromatic heterocycles. The van der Waals surface area contributed by atoms with Crippen LogP contribution in [0.25, 0.3) is 10.2 Å². The number of rotatable bonds is 6. The van der Waals surface area contributed by atoms with Gasteiger partial charge in [-0.3, -0.25) is 14.2 Å². The molecule has 1 amide bonds. The van der Waals surface area contributed by atoms with Crippen LogP contribution in [0.15, 0.2) is 69.6 Å². The minimum atomic E-state index is -0.648. The summed E-state index contributed by atoms with van der Waals surface area (Å²) in [4.78, 5) is 38.4. The highest BCUT2D eigenvalue weighted by Crippen LogP contribution is 2.17. The van der Waals surface area contributed by atoms with Gasteiger partial charge in [0, 0.05) is 12.1 Å². The number of benzene rings is 2. The van der Waals surface area contributed by atoms with Crippen LogP contribution in [0.4, 0.5) is 4.39 Å². The van der Waals surface area contributed by atoms with E-state index in [-0.39, 0.29) is 6.54 Å². The number of aryl methyl sites for hydroxylation is 1. The van der Waals surface area contributed by atoms with Gasteiger partial charge in [-0.05, 0) is 30.0 Å². The van der Waals surface area contributed by atoms with Gasteiger partial charge in [0.2, 0.25) is 5.91 Å². The van der Waals surface area contributed by atoms with Crippen molar-refractivity contribution in [2.24, 2.45) is 0 Å². The van der Waals surface area contributed by atoms with Crippen molar-refractivity contribution in [3.8, 4) is 0 Å². The fourth-order valence-electron chi connectivity index (χ4n) is 3.33. The Morgan fingerprint density at radius 1 is 1.03 bits per heavy atom. The first kappa shape index (κ1) is 20.7. The summed E-state index contributed by atoms with van der Waals surface area (Å²) in [6.07, 6.45) is 0. The van der Waals surface area contributed by atoms with Gasteiger partial charge in [-0.25, -0.2) is 13.8 Å². The lowest BCUT2D eigenvalue weighted by atomic mass is 10.1. The van der Waals surface area contributed by atoms with E-state index in [0.29, 0.717) is 22.3 Å². The molecular formula is C23H20FN3O3S. The predicted octanol–water partition coefficient (Wildman–Crippen LogP) is 3.04. The van der Waals surface area contributed by atoms with Crippen molar-refractivity contribution in [2.45, 2.75) is 26.6 Å². The minimum Gasteiger partial charge on any atom is -0.350 e.